The quantitative estimate of drug-likeness (QED) is 0.450. The predicted octanol–water partition coefficient (Wildman–Crippen LogP) is 5.81. The van der Waals surface area contributed by atoms with Gasteiger partial charge in [-0.3, -0.25) is 4.79 Å². The van der Waals surface area contributed by atoms with Crippen LogP contribution in [0.3, 0.4) is 0 Å². The van der Waals surface area contributed by atoms with Gasteiger partial charge in [-0.1, -0.05) is 72.0 Å². The summed E-state index contributed by atoms with van der Waals surface area (Å²) < 4.78 is 5.41. The Kier molecular flexibility index (Phi) is 7.05. The first-order valence-electron chi connectivity index (χ1n) is 11.2. The molecule has 33 heavy (non-hydrogen) atoms. The van der Waals surface area contributed by atoms with Gasteiger partial charge in [0.1, 0.15) is 5.00 Å². The van der Waals surface area contributed by atoms with E-state index in [4.69, 9.17) is 4.74 Å². The number of hydrogen-bond donors (Lipinski definition) is 1. The summed E-state index contributed by atoms with van der Waals surface area (Å²) in [5, 5.41) is 4.84. The molecule has 6 rings (SSSR count). The maximum absolute atomic E-state index is 13.7. The number of ether oxygens (including phenoxy) is 1. The number of amides is 1. The van der Waals surface area contributed by atoms with Gasteiger partial charge in [0.2, 0.25) is 5.91 Å². The van der Waals surface area contributed by atoms with Crippen molar-refractivity contribution in [1.29, 1.82) is 0 Å². The van der Waals surface area contributed by atoms with E-state index in [1.807, 2.05) is 67.6 Å². The molecule has 1 amide bonds. The number of esters is 1. The molecular weight excluding hydrogens is 456 g/mol. The lowest BCUT2D eigenvalue weighted by atomic mass is 9.84. The number of rotatable bonds is 6. The lowest BCUT2D eigenvalue weighted by molar-refractivity contribution is -0.116. The van der Waals surface area contributed by atoms with Crippen molar-refractivity contribution >= 4 is 45.6 Å². The first-order valence-corrected chi connectivity index (χ1v) is 12.0. The maximum atomic E-state index is 13.7. The van der Waals surface area contributed by atoms with E-state index in [0.29, 0.717) is 23.1 Å². The summed E-state index contributed by atoms with van der Waals surface area (Å²) in [6.45, 7) is 4.13. The van der Waals surface area contributed by atoms with Crippen LogP contribution in [0.25, 0.3) is 0 Å². The van der Waals surface area contributed by atoms with Crippen LogP contribution in [0.1, 0.15) is 58.6 Å². The van der Waals surface area contributed by atoms with E-state index in [9.17, 15) is 9.59 Å². The summed E-state index contributed by atoms with van der Waals surface area (Å²) in [5.41, 5.74) is 3.45. The molecule has 3 aliphatic rings. The number of benzene rings is 2. The third kappa shape index (κ3) is 4.37. The molecular formula is C26H27ClN2O3S. The standard InChI is InChI=1S/C26H26N2O3S.ClH/c1-2-31-26(30)22-21-19-13-15-28(16-14-19)25(21)32-24(22)27-23(29)20(17-9-5-3-6-10-17)18-11-7-4-8-12-18;/h3-12,19-20H,2,13-16H2,1H3,(H,27,29);1H. The van der Waals surface area contributed by atoms with Crippen LogP contribution in [0.2, 0.25) is 0 Å². The molecule has 1 aromatic heterocycles. The lowest BCUT2D eigenvalue weighted by Gasteiger charge is -2.40. The Morgan fingerprint density at radius 1 is 1.03 bits per heavy atom. The van der Waals surface area contributed by atoms with Gasteiger partial charge in [-0.05, 0) is 36.8 Å². The molecule has 0 aliphatic carbocycles. The van der Waals surface area contributed by atoms with Gasteiger partial charge >= 0.3 is 5.97 Å². The average Bonchev–Trinajstić information content (AvgIpc) is 3.22. The van der Waals surface area contributed by atoms with E-state index in [2.05, 4.69) is 10.2 Å². The van der Waals surface area contributed by atoms with Crippen molar-refractivity contribution in [2.75, 3.05) is 29.9 Å². The third-order valence-electron chi connectivity index (χ3n) is 6.36. The molecule has 1 saturated heterocycles. The Hall–Kier alpha value is -2.83. The Labute approximate surface area is 204 Å². The molecule has 0 unspecified atom stereocenters. The first kappa shape index (κ1) is 23.3. The van der Waals surface area contributed by atoms with Crippen LogP contribution in [0.4, 0.5) is 10.0 Å². The van der Waals surface area contributed by atoms with E-state index in [1.54, 1.807) is 0 Å². The van der Waals surface area contributed by atoms with E-state index in [0.717, 1.165) is 47.6 Å². The molecule has 1 N–H and O–H groups in total. The monoisotopic (exact) mass is 482 g/mol. The zero-order chi connectivity index (χ0) is 22.1. The molecule has 0 spiro atoms. The molecule has 3 aliphatic heterocycles. The van der Waals surface area contributed by atoms with Gasteiger partial charge < -0.3 is 15.0 Å². The SMILES string of the molecule is CCOC(=O)c1c(NC(=O)C(c2ccccc2)c2ccccc2)sc2c1C1CCN2CC1.Cl. The van der Waals surface area contributed by atoms with Gasteiger partial charge in [0, 0.05) is 18.7 Å². The van der Waals surface area contributed by atoms with Crippen LogP contribution in [-0.4, -0.2) is 31.6 Å². The van der Waals surface area contributed by atoms with Crippen molar-refractivity contribution in [3.63, 3.8) is 0 Å². The van der Waals surface area contributed by atoms with Crippen molar-refractivity contribution in [1.82, 2.24) is 0 Å². The molecule has 2 bridgehead atoms. The van der Waals surface area contributed by atoms with Crippen LogP contribution in [0.15, 0.2) is 60.7 Å². The summed E-state index contributed by atoms with van der Waals surface area (Å²) in [5.74, 6) is -0.599. The highest BCUT2D eigenvalue weighted by atomic mass is 35.5. The minimum Gasteiger partial charge on any atom is -0.462 e. The highest BCUT2D eigenvalue weighted by molar-refractivity contribution is 7.21. The van der Waals surface area contributed by atoms with Crippen molar-refractivity contribution < 1.29 is 14.3 Å². The second-order valence-electron chi connectivity index (χ2n) is 8.25. The normalized spacial score (nSPS) is 14.5. The fourth-order valence-corrected chi connectivity index (χ4v) is 6.21. The summed E-state index contributed by atoms with van der Waals surface area (Å²) in [7, 11) is 0. The fraction of sp³-hybridized carbons (Fsp3) is 0.308. The van der Waals surface area contributed by atoms with Gasteiger partial charge in [0.05, 0.1) is 23.1 Å². The molecule has 0 atom stereocenters. The summed E-state index contributed by atoms with van der Waals surface area (Å²) in [4.78, 5) is 29.0. The first-order chi connectivity index (χ1) is 15.7. The van der Waals surface area contributed by atoms with Crippen LogP contribution < -0.4 is 10.2 Å². The van der Waals surface area contributed by atoms with Crippen LogP contribution in [0, 0.1) is 0 Å². The topological polar surface area (TPSA) is 58.6 Å². The number of nitrogens with one attached hydrogen (secondary N) is 1. The number of piperidine rings is 1. The Morgan fingerprint density at radius 3 is 2.15 bits per heavy atom. The molecule has 1 fully saturated rings. The summed E-state index contributed by atoms with van der Waals surface area (Å²) in [6.07, 6.45) is 2.08. The maximum Gasteiger partial charge on any atom is 0.341 e. The third-order valence-corrected chi connectivity index (χ3v) is 7.54. The van der Waals surface area contributed by atoms with Crippen LogP contribution in [0.5, 0.6) is 0 Å². The minimum absolute atomic E-state index is 0. The lowest BCUT2D eigenvalue weighted by Crippen LogP contribution is -2.38. The van der Waals surface area contributed by atoms with Crippen molar-refractivity contribution in [2.45, 2.75) is 31.6 Å². The van der Waals surface area contributed by atoms with Gasteiger partial charge in [0.25, 0.3) is 0 Å². The highest BCUT2D eigenvalue weighted by Crippen LogP contribution is 2.52. The van der Waals surface area contributed by atoms with E-state index in [1.165, 1.54) is 11.3 Å². The van der Waals surface area contributed by atoms with Gasteiger partial charge in [-0.2, -0.15) is 0 Å². The molecule has 7 heteroatoms. The largest absolute Gasteiger partial charge is 0.462 e. The molecule has 0 radical (unpaired) electrons. The van der Waals surface area contributed by atoms with Crippen molar-refractivity contribution in [2.24, 2.45) is 0 Å². The number of fused-ring (bicyclic) bond motifs is 2. The van der Waals surface area contributed by atoms with E-state index >= 15 is 0 Å². The Balaban J connectivity index is 0.00000259. The highest BCUT2D eigenvalue weighted by Gasteiger charge is 2.39. The van der Waals surface area contributed by atoms with Gasteiger partial charge in [-0.15, -0.1) is 12.4 Å². The summed E-state index contributed by atoms with van der Waals surface area (Å²) >= 11 is 1.51. The van der Waals surface area contributed by atoms with E-state index in [-0.39, 0.29) is 24.3 Å². The molecule has 5 nitrogen and oxygen atoms in total. The second-order valence-corrected chi connectivity index (χ2v) is 9.25. The van der Waals surface area contributed by atoms with Gasteiger partial charge in [0.15, 0.2) is 0 Å². The van der Waals surface area contributed by atoms with E-state index < -0.39 is 5.92 Å². The van der Waals surface area contributed by atoms with Crippen LogP contribution >= 0.6 is 23.7 Å². The predicted molar refractivity (Wildman–Crippen MR) is 135 cm³/mol. The Bertz CT molecular complexity index is 1090. The number of carbonyl (C=O) groups is 2. The smallest absolute Gasteiger partial charge is 0.341 e. The minimum atomic E-state index is -0.469. The number of nitrogens with zero attached hydrogens (tertiary/aromatic N) is 1. The number of anilines is 2. The van der Waals surface area contributed by atoms with Crippen LogP contribution in [-0.2, 0) is 9.53 Å². The summed E-state index contributed by atoms with van der Waals surface area (Å²) in [6, 6.07) is 19.5. The zero-order valence-electron chi connectivity index (χ0n) is 18.5. The number of hydrogen-bond acceptors (Lipinski definition) is 5. The zero-order valence-corrected chi connectivity index (χ0v) is 20.1. The molecule has 2 aromatic carbocycles. The fourth-order valence-electron chi connectivity index (χ4n) is 4.88. The Morgan fingerprint density at radius 2 is 1.61 bits per heavy atom. The number of thiophene rings is 1. The van der Waals surface area contributed by atoms with Gasteiger partial charge in [-0.25, -0.2) is 4.79 Å². The molecule has 0 saturated carbocycles. The average molecular weight is 483 g/mol. The molecule has 3 aromatic rings. The molecule has 172 valence electrons. The molecule has 4 heterocycles. The number of halogens is 1. The number of carbonyl (C=O) groups excluding carboxylic acids is 2. The van der Waals surface area contributed by atoms with Crippen molar-refractivity contribution in [3.8, 4) is 0 Å². The van der Waals surface area contributed by atoms with Crippen molar-refractivity contribution in [3.05, 3.63) is 82.9 Å². The second kappa shape index (κ2) is 9.98.